The molecule has 0 aliphatic carbocycles. The van der Waals surface area contributed by atoms with Gasteiger partial charge in [0.2, 0.25) is 0 Å². The Morgan fingerprint density at radius 3 is 2.46 bits per heavy atom. The number of amidine groups is 1. The Balaban J connectivity index is 1.57. The number of hydrogen-bond acceptors (Lipinski definition) is 5. The average Bonchev–Trinajstić information content (AvgIpc) is 3.17. The maximum atomic E-state index is 13.1. The number of halogens is 1. The van der Waals surface area contributed by atoms with Crippen LogP contribution in [0.5, 0.6) is 11.5 Å². The zero-order valence-electron chi connectivity index (χ0n) is 20.0. The third-order valence-electron chi connectivity index (χ3n) is 5.62. The van der Waals surface area contributed by atoms with Crippen molar-refractivity contribution in [2.75, 3.05) is 13.7 Å². The Morgan fingerprint density at radius 2 is 1.74 bits per heavy atom. The molecule has 0 unspecified atom stereocenters. The first-order valence-corrected chi connectivity index (χ1v) is 12.7. The third-order valence-corrected chi connectivity index (χ3v) is 6.99. The quantitative estimate of drug-likeness (QED) is 0.305. The van der Waals surface area contributed by atoms with Crippen LogP contribution in [0.15, 0.2) is 76.6 Å². The number of hydrogen-bond donors (Lipinski definition) is 0. The van der Waals surface area contributed by atoms with Crippen LogP contribution in [0.3, 0.4) is 0 Å². The smallest absolute Gasteiger partial charge is 0.266 e. The number of para-hydroxylation sites is 1. The predicted molar refractivity (Wildman–Crippen MR) is 145 cm³/mol. The monoisotopic (exact) mass is 506 g/mol. The highest BCUT2D eigenvalue weighted by Crippen LogP contribution is 2.36. The molecular weight excluding hydrogens is 480 g/mol. The molecule has 0 atom stereocenters. The van der Waals surface area contributed by atoms with Crippen LogP contribution in [-0.2, 0) is 17.8 Å². The van der Waals surface area contributed by atoms with Gasteiger partial charge in [0, 0.05) is 17.1 Å². The van der Waals surface area contributed by atoms with Gasteiger partial charge in [0.15, 0.2) is 16.7 Å². The summed E-state index contributed by atoms with van der Waals surface area (Å²) in [6.07, 6.45) is 2.75. The number of carbonyl (C=O) groups excluding carboxylic acids is 1. The van der Waals surface area contributed by atoms with Gasteiger partial charge in [-0.25, -0.2) is 4.99 Å². The second kappa shape index (κ2) is 11.5. The number of thioether (sulfide) groups is 1. The number of ether oxygens (including phenoxy) is 2. The lowest BCUT2D eigenvalue weighted by molar-refractivity contribution is -0.122. The Bertz CT molecular complexity index is 1290. The first kappa shape index (κ1) is 24.9. The van der Waals surface area contributed by atoms with E-state index in [0.29, 0.717) is 39.7 Å². The molecule has 1 amide bonds. The van der Waals surface area contributed by atoms with Crippen LogP contribution in [0, 0.1) is 0 Å². The second-order valence-corrected chi connectivity index (χ2v) is 9.24. The molecule has 7 heteroatoms. The molecule has 1 fully saturated rings. The van der Waals surface area contributed by atoms with Crippen LogP contribution in [0.1, 0.15) is 30.5 Å². The summed E-state index contributed by atoms with van der Waals surface area (Å²) in [5, 5.41) is 1.35. The number of rotatable bonds is 8. The average molecular weight is 507 g/mol. The van der Waals surface area contributed by atoms with Gasteiger partial charge < -0.3 is 9.47 Å². The number of methoxy groups -OCH3 is 1. The summed E-state index contributed by atoms with van der Waals surface area (Å²) in [6.45, 7) is 4.94. The van der Waals surface area contributed by atoms with E-state index >= 15 is 0 Å². The Hall–Kier alpha value is -3.22. The van der Waals surface area contributed by atoms with Crippen LogP contribution in [0.25, 0.3) is 6.08 Å². The highest BCUT2D eigenvalue weighted by atomic mass is 35.5. The van der Waals surface area contributed by atoms with Gasteiger partial charge in [0.25, 0.3) is 5.91 Å². The number of aryl methyl sites for hydroxylation is 1. The molecule has 0 bridgehead atoms. The second-order valence-electron chi connectivity index (χ2n) is 7.83. The van der Waals surface area contributed by atoms with Gasteiger partial charge >= 0.3 is 0 Å². The van der Waals surface area contributed by atoms with Crippen LogP contribution in [0.2, 0.25) is 5.02 Å². The highest BCUT2D eigenvalue weighted by Gasteiger charge is 2.32. The van der Waals surface area contributed by atoms with Gasteiger partial charge in [-0.15, -0.1) is 0 Å². The lowest BCUT2D eigenvalue weighted by Gasteiger charge is -2.13. The molecule has 3 aromatic rings. The van der Waals surface area contributed by atoms with Gasteiger partial charge in [0.1, 0.15) is 6.61 Å². The number of carbonyl (C=O) groups is 1. The van der Waals surface area contributed by atoms with E-state index in [4.69, 9.17) is 26.1 Å². The molecule has 1 heterocycles. The van der Waals surface area contributed by atoms with E-state index < -0.39 is 0 Å². The van der Waals surface area contributed by atoms with Gasteiger partial charge in [-0.1, -0.05) is 61.0 Å². The molecule has 35 heavy (non-hydrogen) atoms. The minimum Gasteiger partial charge on any atom is -0.493 e. The van der Waals surface area contributed by atoms with Gasteiger partial charge in [-0.2, -0.15) is 0 Å². The molecule has 0 radical (unpaired) electrons. The lowest BCUT2D eigenvalue weighted by Crippen LogP contribution is -2.28. The summed E-state index contributed by atoms with van der Waals surface area (Å²) in [6, 6.07) is 21.2. The molecule has 0 saturated carbocycles. The maximum Gasteiger partial charge on any atom is 0.266 e. The van der Waals surface area contributed by atoms with E-state index in [-0.39, 0.29) is 5.91 Å². The molecule has 5 nitrogen and oxygen atoms in total. The van der Waals surface area contributed by atoms with E-state index in [9.17, 15) is 4.79 Å². The standard InChI is InChI=1S/C28H27ClN2O3S/c1-4-20-10-7-9-13-23(20)30-28-31(5-2)27(32)26(35-28)17-19-14-15-24(25(16-19)33-3)34-18-21-11-6-8-12-22(21)29/h6-17H,4-5,18H2,1-3H3/b26-17+,30-28?. The topological polar surface area (TPSA) is 51.1 Å². The van der Waals surface area contributed by atoms with Crippen molar-refractivity contribution in [1.29, 1.82) is 0 Å². The fourth-order valence-electron chi connectivity index (χ4n) is 3.71. The summed E-state index contributed by atoms with van der Waals surface area (Å²) in [5.41, 5.74) is 3.78. The summed E-state index contributed by atoms with van der Waals surface area (Å²) in [5.74, 6) is 1.14. The zero-order valence-corrected chi connectivity index (χ0v) is 21.5. The third kappa shape index (κ3) is 5.72. The molecule has 3 aromatic carbocycles. The number of nitrogens with zero attached hydrogens (tertiary/aromatic N) is 2. The van der Waals surface area contributed by atoms with Crippen molar-refractivity contribution in [2.24, 2.45) is 4.99 Å². The molecule has 0 N–H and O–H groups in total. The Labute approximate surface area is 215 Å². The number of likely N-dealkylation sites (N-methyl/N-ethyl adjacent to an activating group) is 1. The number of aliphatic imine (C=N–C) groups is 1. The first-order valence-electron chi connectivity index (χ1n) is 11.5. The molecule has 180 valence electrons. The number of benzene rings is 3. The van der Waals surface area contributed by atoms with Crippen molar-refractivity contribution in [3.05, 3.63) is 93.3 Å². The SMILES string of the molecule is CCc1ccccc1N=C1S/C(=C/c2ccc(OCc3ccccc3Cl)c(OC)c2)C(=O)N1CC. The molecule has 0 spiro atoms. The molecule has 1 aliphatic rings. The van der Waals surface area contributed by atoms with Gasteiger partial charge in [-0.05, 0) is 66.6 Å². The van der Waals surface area contributed by atoms with Crippen molar-refractivity contribution in [2.45, 2.75) is 26.9 Å². The van der Waals surface area contributed by atoms with Crippen molar-refractivity contribution in [1.82, 2.24) is 4.90 Å². The minimum atomic E-state index is -0.0526. The normalized spacial score (nSPS) is 15.8. The van der Waals surface area contributed by atoms with Crippen molar-refractivity contribution in [3.8, 4) is 11.5 Å². The summed E-state index contributed by atoms with van der Waals surface area (Å²) in [7, 11) is 1.60. The van der Waals surface area contributed by atoms with Crippen LogP contribution < -0.4 is 9.47 Å². The van der Waals surface area contributed by atoms with Gasteiger partial charge in [-0.3, -0.25) is 9.69 Å². The minimum absolute atomic E-state index is 0.0526. The summed E-state index contributed by atoms with van der Waals surface area (Å²) >= 11 is 7.62. The largest absolute Gasteiger partial charge is 0.493 e. The fraction of sp³-hybridized carbons (Fsp3) is 0.214. The summed E-state index contributed by atoms with van der Waals surface area (Å²) < 4.78 is 11.5. The first-order chi connectivity index (χ1) is 17.0. The van der Waals surface area contributed by atoms with E-state index in [0.717, 1.165) is 28.8 Å². The predicted octanol–water partition coefficient (Wildman–Crippen LogP) is 7.11. The van der Waals surface area contributed by atoms with E-state index in [2.05, 4.69) is 13.0 Å². The Morgan fingerprint density at radius 1 is 1.00 bits per heavy atom. The van der Waals surface area contributed by atoms with Crippen LogP contribution >= 0.6 is 23.4 Å². The Kier molecular flexibility index (Phi) is 8.16. The van der Waals surface area contributed by atoms with Gasteiger partial charge in [0.05, 0.1) is 17.7 Å². The number of amides is 1. The van der Waals surface area contributed by atoms with Crippen LogP contribution in [-0.4, -0.2) is 29.6 Å². The molecule has 4 rings (SSSR count). The molecular formula is C28H27ClN2O3S. The fourth-order valence-corrected chi connectivity index (χ4v) is 4.95. The van der Waals surface area contributed by atoms with E-state index in [1.807, 2.05) is 73.7 Å². The van der Waals surface area contributed by atoms with Crippen molar-refractivity contribution >= 4 is 46.2 Å². The van der Waals surface area contributed by atoms with E-state index in [1.54, 1.807) is 12.0 Å². The zero-order chi connectivity index (χ0) is 24.8. The van der Waals surface area contributed by atoms with Crippen molar-refractivity contribution in [3.63, 3.8) is 0 Å². The highest BCUT2D eigenvalue weighted by molar-refractivity contribution is 8.18. The molecule has 1 saturated heterocycles. The van der Waals surface area contributed by atoms with Crippen LogP contribution in [0.4, 0.5) is 5.69 Å². The lowest BCUT2D eigenvalue weighted by atomic mass is 10.1. The summed E-state index contributed by atoms with van der Waals surface area (Å²) in [4.78, 5) is 20.2. The molecule has 0 aromatic heterocycles. The maximum absolute atomic E-state index is 13.1. The van der Waals surface area contributed by atoms with E-state index in [1.165, 1.54) is 11.8 Å². The van der Waals surface area contributed by atoms with Crippen molar-refractivity contribution < 1.29 is 14.3 Å². The molecule has 1 aliphatic heterocycles.